The van der Waals surface area contributed by atoms with E-state index in [1.165, 1.54) is 31.8 Å². The van der Waals surface area contributed by atoms with Crippen molar-refractivity contribution in [1.82, 2.24) is 0 Å². The predicted molar refractivity (Wildman–Crippen MR) is 103 cm³/mol. The Labute approximate surface area is 145 Å². The summed E-state index contributed by atoms with van der Waals surface area (Å²) in [5.41, 5.74) is 6.14. The van der Waals surface area contributed by atoms with Crippen LogP contribution in [0.15, 0.2) is 72.8 Å². The number of hydrogen-bond donors (Lipinski definition) is 0. The summed E-state index contributed by atoms with van der Waals surface area (Å²) < 4.78 is 1.25. The largest absolute Gasteiger partial charge is 0.310 e. The summed E-state index contributed by atoms with van der Waals surface area (Å²) >= 11 is 2.34. The molecule has 3 aromatic rings. The summed E-state index contributed by atoms with van der Waals surface area (Å²) in [7, 11) is 0. The summed E-state index contributed by atoms with van der Waals surface area (Å²) in [6, 6.07) is 25.8. The van der Waals surface area contributed by atoms with Crippen molar-refractivity contribution in [2.24, 2.45) is 0 Å². The standard InChI is InChI=1S/C20H18IN/c1-15-8-13-20(16(2)14-15)22(18-6-4-3-5-7-18)19-11-9-17(21)10-12-19/h3-14H,1-2H3. The first-order valence-electron chi connectivity index (χ1n) is 7.33. The zero-order valence-corrected chi connectivity index (χ0v) is 14.9. The van der Waals surface area contributed by atoms with Gasteiger partial charge in [-0.2, -0.15) is 0 Å². The second kappa shape index (κ2) is 6.53. The molecule has 0 amide bonds. The van der Waals surface area contributed by atoms with Gasteiger partial charge < -0.3 is 4.90 Å². The van der Waals surface area contributed by atoms with E-state index in [2.05, 4.69) is 114 Å². The third kappa shape index (κ3) is 3.17. The Kier molecular flexibility index (Phi) is 4.48. The maximum absolute atomic E-state index is 2.34. The number of para-hydroxylation sites is 1. The number of aryl methyl sites for hydroxylation is 2. The van der Waals surface area contributed by atoms with Crippen LogP contribution in [0, 0.1) is 17.4 Å². The van der Waals surface area contributed by atoms with E-state index in [-0.39, 0.29) is 0 Å². The average molecular weight is 399 g/mol. The summed E-state index contributed by atoms with van der Waals surface area (Å²) in [6.07, 6.45) is 0. The topological polar surface area (TPSA) is 3.24 Å². The predicted octanol–water partition coefficient (Wildman–Crippen LogP) is 6.38. The molecule has 0 aliphatic carbocycles. The van der Waals surface area contributed by atoms with Gasteiger partial charge in [0.1, 0.15) is 0 Å². The second-order valence-electron chi connectivity index (χ2n) is 5.44. The van der Waals surface area contributed by atoms with Gasteiger partial charge in [-0.3, -0.25) is 0 Å². The maximum atomic E-state index is 2.34. The van der Waals surface area contributed by atoms with Crippen LogP contribution in [0.5, 0.6) is 0 Å². The zero-order valence-electron chi connectivity index (χ0n) is 12.8. The molecule has 0 spiro atoms. The molecule has 0 fully saturated rings. The van der Waals surface area contributed by atoms with Crippen LogP contribution in [0.1, 0.15) is 11.1 Å². The third-order valence-electron chi connectivity index (χ3n) is 3.69. The van der Waals surface area contributed by atoms with E-state index < -0.39 is 0 Å². The van der Waals surface area contributed by atoms with Crippen LogP contribution in [-0.4, -0.2) is 0 Å². The fourth-order valence-corrected chi connectivity index (χ4v) is 3.01. The highest BCUT2D eigenvalue weighted by Gasteiger charge is 2.13. The van der Waals surface area contributed by atoms with Gasteiger partial charge in [-0.15, -0.1) is 0 Å². The van der Waals surface area contributed by atoms with Crippen LogP contribution in [0.3, 0.4) is 0 Å². The van der Waals surface area contributed by atoms with Crippen molar-refractivity contribution in [3.05, 3.63) is 87.5 Å². The fourth-order valence-electron chi connectivity index (χ4n) is 2.65. The highest BCUT2D eigenvalue weighted by Crippen LogP contribution is 2.36. The van der Waals surface area contributed by atoms with Crippen LogP contribution in [0.25, 0.3) is 0 Å². The molecule has 2 heteroatoms. The Hall–Kier alpha value is -1.81. The van der Waals surface area contributed by atoms with E-state index >= 15 is 0 Å². The van der Waals surface area contributed by atoms with Crippen molar-refractivity contribution in [3.8, 4) is 0 Å². The lowest BCUT2D eigenvalue weighted by molar-refractivity contribution is 1.24. The molecule has 0 aliphatic heterocycles. The Morgan fingerprint density at radius 3 is 2.00 bits per heavy atom. The Morgan fingerprint density at radius 1 is 0.727 bits per heavy atom. The number of benzene rings is 3. The Morgan fingerprint density at radius 2 is 1.36 bits per heavy atom. The molecular formula is C20H18IN. The van der Waals surface area contributed by atoms with Gasteiger partial charge in [0, 0.05) is 20.6 Å². The number of anilines is 3. The maximum Gasteiger partial charge on any atom is 0.0490 e. The molecule has 0 aliphatic rings. The van der Waals surface area contributed by atoms with Crippen LogP contribution in [0.4, 0.5) is 17.1 Å². The highest BCUT2D eigenvalue weighted by atomic mass is 127. The van der Waals surface area contributed by atoms with Crippen molar-refractivity contribution < 1.29 is 0 Å². The first-order valence-corrected chi connectivity index (χ1v) is 8.41. The van der Waals surface area contributed by atoms with Crippen molar-refractivity contribution in [3.63, 3.8) is 0 Å². The molecule has 1 nitrogen and oxygen atoms in total. The number of halogens is 1. The Bertz CT molecular complexity index is 763. The smallest absolute Gasteiger partial charge is 0.0490 e. The number of nitrogens with zero attached hydrogens (tertiary/aromatic N) is 1. The SMILES string of the molecule is Cc1ccc(N(c2ccccc2)c2ccc(I)cc2)c(C)c1. The van der Waals surface area contributed by atoms with Crippen LogP contribution in [0.2, 0.25) is 0 Å². The molecule has 22 heavy (non-hydrogen) atoms. The van der Waals surface area contributed by atoms with Gasteiger partial charge in [-0.25, -0.2) is 0 Å². The first-order chi connectivity index (χ1) is 10.6. The van der Waals surface area contributed by atoms with Gasteiger partial charge in [0.2, 0.25) is 0 Å². The summed E-state index contributed by atoms with van der Waals surface area (Å²) in [6.45, 7) is 4.31. The second-order valence-corrected chi connectivity index (χ2v) is 6.68. The molecule has 0 aromatic heterocycles. The fraction of sp³-hybridized carbons (Fsp3) is 0.100. The van der Waals surface area contributed by atoms with Crippen molar-refractivity contribution >= 4 is 39.7 Å². The molecule has 0 atom stereocenters. The van der Waals surface area contributed by atoms with Crippen molar-refractivity contribution in [2.75, 3.05) is 4.90 Å². The van der Waals surface area contributed by atoms with Gasteiger partial charge in [0.15, 0.2) is 0 Å². The lowest BCUT2D eigenvalue weighted by Gasteiger charge is -2.27. The lowest BCUT2D eigenvalue weighted by Crippen LogP contribution is -2.11. The molecule has 0 unspecified atom stereocenters. The minimum absolute atomic E-state index is 1.18. The quantitative estimate of drug-likeness (QED) is 0.462. The molecule has 0 saturated carbocycles. The van der Waals surface area contributed by atoms with Gasteiger partial charge in [0.25, 0.3) is 0 Å². The van der Waals surface area contributed by atoms with Crippen molar-refractivity contribution in [1.29, 1.82) is 0 Å². The summed E-state index contributed by atoms with van der Waals surface area (Å²) in [5.74, 6) is 0. The average Bonchev–Trinajstić information content (AvgIpc) is 2.52. The van der Waals surface area contributed by atoms with E-state index in [4.69, 9.17) is 0 Å². The molecule has 0 heterocycles. The van der Waals surface area contributed by atoms with Gasteiger partial charge >= 0.3 is 0 Å². The summed E-state index contributed by atoms with van der Waals surface area (Å²) in [5, 5.41) is 0. The van der Waals surface area contributed by atoms with Gasteiger partial charge in [-0.1, -0.05) is 35.9 Å². The number of hydrogen-bond acceptors (Lipinski definition) is 1. The molecule has 3 rings (SSSR count). The molecule has 0 bridgehead atoms. The van der Waals surface area contributed by atoms with Crippen molar-refractivity contribution in [2.45, 2.75) is 13.8 Å². The third-order valence-corrected chi connectivity index (χ3v) is 4.41. The minimum atomic E-state index is 1.18. The van der Waals surface area contributed by atoms with Gasteiger partial charge in [0.05, 0.1) is 0 Å². The normalized spacial score (nSPS) is 10.5. The summed E-state index contributed by atoms with van der Waals surface area (Å²) in [4.78, 5) is 2.31. The lowest BCUT2D eigenvalue weighted by atomic mass is 10.1. The number of rotatable bonds is 3. The zero-order chi connectivity index (χ0) is 15.5. The Balaban J connectivity index is 2.17. The monoisotopic (exact) mass is 399 g/mol. The van der Waals surface area contributed by atoms with E-state index in [0.717, 1.165) is 0 Å². The van der Waals surface area contributed by atoms with E-state index in [1.54, 1.807) is 0 Å². The molecule has 0 saturated heterocycles. The molecule has 3 aromatic carbocycles. The molecule has 110 valence electrons. The van der Waals surface area contributed by atoms with Crippen LogP contribution in [-0.2, 0) is 0 Å². The van der Waals surface area contributed by atoms with E-state index in [9.17, 15) is 0 Å². The molecular weight excluding hydrogens is 381 g/mol. The molecule has 0 N–H and O–H groups in total. The highest BCUT2D eigenvalue weighted by molar-refractivity contribution is 14.1. The first kappa shape index (κ1) is 15.1. The minimum Gasteiger partial charge on any atom is -0.310 e. The van der Waals surface area contributed by atoms with E-state index in [1.807, 2.05) is 0 Å². The van der Waals surface area contributed by atoms with Crippen LogP contribution >= 0.6 is 22.6 Å². The van der Waals surface area contributed by atoms with Crippen LogP contribution < -0.4 is 4.90 Å². The molecule has 0 radical (unpaired) electrons. The van der Waals surface area contributed by atoms with E-state index in [0.29, 0.717) is 0 Å². The van der Waals surface area contributed by atoms with Gasteiger partial charge in [-0.05, 0) is 84.5 Å².